The number of nitrogens with one attached hydrogen (secondary N) is 1. The first-order chi connectivity index (χ1) is 15.9. The number of H-pyrrole nitrogens is 1. The van der Waals surface area contributed by atoms with Crippen LogP contribution >= 0.6 is 0 Å². The number of hydrogen-bond donors (Lipinski definition) is 2. The number of benzene rings is 2. The molecule has 4 rings (SSSR count). The molecule has 0 bridgehead atoms. The Morgan fingerprint density at radius 1 is 1.15 bits per heavy atom. The quantitative estimate of drug-likeness (QED) is 0.230. The summed E-state index contributed by atoms with van der Waals surface area (Å²) in [5.74, 6) is -0.966. The highest BCUT2D eigenvalue weighted by atomic mass is 16.5. The molecule has 1 aromatic heterocycles. The van der Waals surface area contributed by atoms with E-state index in [9.17, 15) is 14.7 Å². The third kappa shape index (κ3) is 4.36. The minimum Gasteiger partial charge on any atom is -0.507 e. The number of amides is 1. The van der Waals surface area contributed by atoms with Crippen LogP contribution in [0.1, 0.15) is 37.4 Å². The third-order valence-corrected chi connectivity index (χ3v) is 5.68. The number of fused-ring (bicyclic) bond motifs is 1. The molecule has 1 saturated heterocycles. The maximum atomic E-state index is 13.2. The average Bonchev–Trinajstić information content (AvgIpc) is 3.32. The number of methoxy groups -OCH3 is 1. The fraction of sp³-hybridized carbons (Fsp3) is 0.308. The van der Waals surface area contributed by atoms with Crippen LogP contribution in [0.15, 0.2) is 60.3 Å². The molecule has 1 fully saturated rings. The van der Waals surface area contributed by atoms with Gasteiger partial charge in [-0.2, -0.15) is 0 Å². The molecule has 7 nitrogen and oxygen atoms in total. The Hall–Kier alpha value is -3.58. The Bertz CT molecular complexity index is 1210. The second-order valence-corrected chi connectivity index (χ2v) is 8.32. The number of likely N-dealkylation sites (tertiary alicyclic amines) is 1. The monoisotopic (exact) mass is 448 g/mol. The summed E-state index contributed by atoms with van der Waals surface area (Å²) in [6.45, 7) is 4.61. The van der Waals surface area contributed by atoms with Crippen LogP contribution in [0.25, 0.3) is 16.7 Å². The van der Waals surface area contributed by atoms with Gasteiger partial charge >= 0.3 is 0 Å². The average molecular weight is 449 g/mol. The predicted octanol–water partition coefficient (Wildman–Crippen LogP) is 4.41. The van der Waals surface area contributed by atoms with Gasteiger partial charge in [0, 0.05) is 48.5 Å². The first-order valence-electron chi connectivity index (χ1n) is 11.0. The van der Waals surface area contributed by atoms with Crippen LogP contribution in [0.4, 0.5) is 0 Å². The van der Waals surface area contributed by atoms with Crippen molar-refractivity contribution in [3.63, 3.8) is 0 Å². The molecule has 33 heavy (non-hydrogen) atoms. The molecule has 0 spiro atoms. The van der Waals surface area contributed by atoms with Crippen molar-refractivity contribution in [2.24, 2.45) is 0 Å². The fourth-order valence-corrected chi connectivity index (χ4v) is 4.28. The summed E-state index contributed by atoms with van der Waals surface area (Å²) in [4.78, 5) is 31.0. The first kappa shape index (κ1) is 22.6. The molecule has 3 aromatic rings. The lowest BCUT2D eigenvalue weighted by atomic mass is 9.95. The Morgan fingerprint density at radius 2 is 1.94 bits per heavy atom. The van der Waals surface area contributed by atoms with Gasteiger partial charge in [0.15, 0.2) is 0 Å². The summed E-state index contributed by atoms with van der Waals surface area (Å²) < 4.78 is 10.9. The van der Waals surface area contributed by atoms with E-state index in [4.69, 9.17) is 9.47 Å². The Kier molecular flexibility index (Phi) is 6.51. The van der Waals surface area contributed by atoms with Crippen LogP contribution in [0.5, 0.6) is 5.75 Å². The van der Waals surface area contributed by atoms with Gasteiger partial charge in [0.1, 0.15) is 11.5 Å². The number of para-hydroxylation sites is 1. The highest BCUT2D eigenvalue weighted by molar-refractivity contribution is 6.46. The molecule has 2 heterocycles. The van der Waals surface area contributed by atoms with E-state index in [-0.39, 0.29) is 17.4 Å². The minimum absolute atomic E-state index is 0.0417. The van der Waals surface area contributed by atoms with Crippen molar-refractivity contribution in [3.8, 4) is 5.75 Å². The molecule has 0 saturated carbocycles. The summed E-state index contributed by atoms with van der Waals surface area (Å²) >= 11 is 0. The molecule has 1 aliphatic heterocycles. The van der Waals surface area contributed by atoms with Crippen LogP contribution in [0.3, 0.4) is 0 Å². The summed E-state index contributed by atoms with van der Waals surface area (Å²) in [5.41, 5.74) is 2.15. The van der Waals surface area contributed by atoms with E-state index < -0.39 is 17.7 Å². The lowest BCUT2D eigenvalue weighted by Crippen LogP contribution is -2.31. The molecule has 1 atom stereocenters. The molecule has 2 aromatic carbocycles. The normalized spacial score (nSPS) is 17.9. The number of aromatic nitrogens is 1. The Balaban J connectivity index is 1.85. The van der Waals surface area contributed by atoms with Crippen molar-refractivity contribution in [2.45, 2.75) is 32.4 Å². The standard InChI is InChI=1S/C26H28N2O5/c1-16(2)33-18-9-6-8-17(14-18)24(29)22-23(20-15-27-21-11-5-4-10-19(20)21)28(12-7-13-32-3)26(31)25(22)30/h4-6,8-11,14-16,23,27,29H,7,12-13H2,1-3H3/b24-22+. The van der Waals surface area contributed by atoms with E-state index >= 15 is 0 Å². The first-order valence-corrected chi connectivity index (χ1v) is 11.0. The van der Waals surface area contributed by atoms with E-state index in [1.807, 2.05) is 38.1 Å². The second kappa shape index (κ2) is 9.50. The highest BCUT2D eigenvalue weighted by Crippen LogP contribution is 2.42. The van der Waals surface area contributed by atoms with E-state index in [1.165, 1.54) is 4.90 Å². The highest BCUT2D eigenvalue weighted by Gasteiger charge is 2.46. The number of aliphatic hydroxyl groups is 1. The van der Waals surface area contributed by atoms with Crippen LogP contribution < -0.4 is 4.74 Å². The topological polar surface area (TPSA) is 91.9 Å². The zero-order valence-corrected chi connectivity index (χ0v) is 19.0. The molecule has 0 aliphatic carbocycles. The SMILES string of the molecule is COCCCN1C(=O)C(=O)/C(=C(/O)c2cccc(OC(C)C)c2)C1c1c[nH]c2ccccc12. The number of carbonyl (C=O) groups excluding carboxylic acids is 2. The number of Topliss-reactive ketones (excluding diaryl/α,β-unsaturated/α-hetero) is 1. The van der Waals surface area contributed by atoms with Crippen LogP contribution in [-0.2, 0) is 14.3 Å². The van der Waals surface area contributed by atoms with Gasteiger partial charge < -0.3 is 24.5 Å². The van der Waals surface area contributed by atoms with Gasteiger partial charge in [-0.15, -0.1) is 0 Å². The largest absolute Gasteiger partial charge is 0.507 e. The lowest BCUT2D eigenvalue weighted by molar-refractivity contribution is -0.140. The van der Waals surface area contributed by atoms with Gasteiger partial charge in [0.05, 0.1) is 17.7 Å². The van der Waals surface area contributed by atoms with Crippen molar-refractivity contribution in [3.05, 3.63) is 71.4 Å². The van der Waals surface area contributed by atoms with Gasteiger partial charge in [-0.3, -0.25) is 9.59 Å². The van der Waals surface area contributed by atoms with E-state index in [0.29, 0.717) is 30.9 Å². The molecule has 1 amide bonds. The molecular formula is C26H28N2O5. The number of aliphatic hydroxyl groups excluding tert-OH is 1. The fourth-order valence-electron chi connectivity index (χ4n) is 4.28. The smallest absolute Gasteiger partial charge is 0.295 e. The van der Waals surface area contributed by atoms with Crippen molar-refractivity contribution >= 4 is 28.4 Å². The Labute approximate surface area is 192 Å². The number of aromatic amines is 1. The number of nitrogens with zero attached hydrogens (tertiary/aromatic N) is 1. The molecule has 172 valence electrons. The van der Waals surface area contributed by atoms with Gasteiger partial charge in [-0.05, 0) is 38.5 Å². The number of ketones is 1. The summed E-state index contributed by atoms with van der Waals surface area (Å²) in [5, 5.41) is 12.2. The zero-order valence-electron chi connectivity index (χ0n) is 19.0. The van der Waals surface area contributed by atoms with Gasteiger partial charge in [0.25, 0.3) is 11.7 Å². The minimum atomic E-state index is -0.715. The number of hydrogen-bond acceptors (Lipinski definition) is 5. The number of carbonyl (C=O) groups is 2. The van der Waals surface area contributed by atoms with Crippen molar-refractivity contribution in [1.29, 1.82) is 0 Å². The van der Waals surface area contributed by atoms with E-state index in [2.05, 4.69) is 4.98 Å². The number of ether oxygens (including phenoxy) is 2. The molecule has 1 unspecified atom stereocenters. The summed E-state index contributed by atoms with van der Waals surface area (Å²) in [6.07, 6.45) is 2.33. The van der Waals surface area contributed by atoms with Crippen molar-refractivity contribution < 1.29 is 24.2 Å². The van der Waals surface area contributed by atoms with E-state index in [1.54, 1.807) is 37.6 Å². The van der Waals surface area contributed by atoms with Crippen LogP contribution in [0.2, 0.25) is 0 Å². The lowest BCUT2D eigenvalue weighted by Gasteiger charge is -2.24. The maximum Gasteiger partial charge on any atom is 0.295 e. The molecule has 2 N–H and O–H groups in total. The van der Waals surface area contributed by atoms with Crippen molar-refractivity contribution in [1.82, 2.24) is 9.88 Å². The predicted molar refractivity (Wildman–Crippen MR) is 126 cm³/mol. The van der Waals surface area contributed by atoms with Gasteiger partial charge in [0.2, 0.25) is 0 Å². The Morgan fingerprint density at radius 3 is 2.70 bits per heavy atom. The maximum absolute atomic E-state index is 13.2. The number of rotatable bonds is 8. The third-order valence-electron chi connectivity index (χ3n) is 5.68. The van der Waals surface area contributed by atoms with Gasteiger partial charge in [-0.25, -0.2) is 0 Å². The van der Waals surface area contributed by atoms with Crippen LogP contribution in [0, 0.1) is 0 Å². The van der Waals surface area contributed by atoms with Crippen molar-refractivity contribution in [2.75, 3.05) is 20.3 Å². The van der Waals surface area contributed by atoms with Gasteiger partial charge in [-0.1, -0.05) is 30.3 Å². The molecule has 7 heteroatoms. The second-order valence-electron chi connectivity index (χ2n) is 8.32. The molecule has 1 aliphatic rings. The summed E-state index contributed by atoms with van der Waals surface area (Å²) in [6, 6.07) is 13.9. The zero-order chi connectivity index (χ0) is 23.5. The molecule has 0 radical (unpaired) electrons. The van der Waals surface area contributed by atoms with E-state index in [0.717, 1.165) is 16.5 Å². The van der Waals surface area contributed by atoms with Crippen LogP contribution in [-0.4, -0.2) is 53.0 Å². The molecular weight excluding hydrogens is 420 g/mol. The summed E-state index contributed by atoms with van der Waals surface area (Å²) in [7, 11) is 1.59.